The predicted octanol–water partition coefficient (Wildman–Crippen LogP) is 2.93. The number of amides is 1. The number of ether oxygens (including phenoxy) is 1. The molecule has 1 N–H and O–H groups in total. The van der Waals surface area contributed by atoms with Crippen LogP contribution in [0.4, 0.5) is 0 Å². The number of benzene rings is 1. The molecule has 0 aliphatic carbocycles. The summed E-state index contributed by atoms with van der Waals surface area (Å²) in [5.74, 6) is 1.30. The van der Waals surface area contributed by atoms with Crippen molar-refractivity contribution >= 4 is 12.1 Å². The van der Waals surface area contributed by atoms with Gasteiger partial charge in [0.15, 0.2) is 6.61 Å². The van der Waals surface area contributed by atoms with Crippen LogP contribution in [-0.2, 0) is 4.79 Å². The molecular formula is C16H18N2O3. The largest absolute Gasteiger partial charge is 0.483 e. The molecule has 0 radical (unpaired) electrons. The first-order chi connectivity index (χ1) is 10.2. The number of para-hydroxylation sites is 1. The van der Waals surface area contributed by atoms with Crippen molar-refractivity contribution in [3.05, 3.63) is 54.0 Å². The lowest BCUT2D eigenvalue weighted by atomic mass is 10.0. The zero-order valence-electron chi connectivity index (χ0n) is 12.1. The maximum atomic E-state index is 11.6. The van der Waals surface area contributed by atoms with Gasteiger partial charge >= 0.3 is 0 Å². The molecular weight excluding hydrogens is 268 g/mol. The summed E-state index contributed by atoms with van der Waals surface area (Å²) in [4.78, 5) is 11.6. The first-order valence-electron chi connectivity index (χ1n) is 6.74. The minimum atomic E-state index is -0.323. The highest BCUT2D eigenvalue weighted by atomic mass is 16.5. The maximum absolute atomic E-state index is 11.6. The van der Waals surface area contributed by atoms with E-state index < -0.39 is 0 Å². The summed E-state index contributed by atoms with van der Waals surface area (Å²) in [6, 6.07) is 11.2. The number of hydrazone groups is 1. The predicted molar refractivity (Wildman–Crippen MR) is 80.5 cm³/mol. The fourth-order valence-electron chi connectivity index (χ4n) is 1.80. The van der Waals surface area contributed by atoms with E-state index in [2.05, 4.69) is 24.4 Å². The van der Waals surface area contributed by atoms with Crippen molar-refractivity contribution in [3.8, 4) is 5.75 Å². The van der Waals surface area contributed by atoms with Crippen LogP contribution in [-0.4, -0.2) is 18.7 Å². The Morgan fingerprint density at radius 3 is 2.86 bits per heavy atom. The van der Waals surface area contributed by atoms with E-state index in [0.29, 0.717) is 11.7 Å². The molecule has 2 aromatic rings. The van der Waals surface area contributed by atoms with Gasteiger partial charge in [-0.2, -0.15) is 5.10 Å². The van der Waals surface area contributed by atoms with E-state index in [0.717, 1.165) is 11.3 Å². The van der Waals surface area contributed by atoms with E-state index in [1.165, 1.54) is 12.5 Å². The third kappa shape index (κ3) is 4.49. The summed E-state index contributed by atoms with van der Waals surface area (Å²) in [5, 5.41) is 3.79. The van der Waals surface area contributed by atoms with Gasteiger partial charge in [-0.05, 0) is 29.7 Å². The first kappa shape index (κ1) is 14.8. The fraction of sp³-hybridized carbons (Fsp3) is 0.250. The van der Waals surface area contributed by atoms with Gasteiger partial charge in [-0.3, -0.25) is 4.79 Å². The van der Waals surface area contributed by atoms with Gasteiger partial charge < -0.3 is 9.15 Å². The molecule has 5 heteroatoms. The van der Waals surface area contributed by atoms with Crippen LogP contribution in [0.25, 0.3) is 0 Å². The molecule has 1 aromatic carbocycles. The van der Waals surface area contributed by atoms with Crippen molar-refractivity contribution in [1.29, 1.82) is 0 Å². The molecule has 0 fully saturated rings. The van der Waals surface area contributed by atoms with Crippen LogP contribution in [0.3, 0.4) is 0 Å². The quantitative estimate of drug-likeness (QED) is 0.656. The lowest BCUT2D eigenvalue weighted by molar-refractivity contribution is -0.123. The summed E-state index contributed by atoms with van der Waals surface area (Å²) < 4.78 is 10.6. The van der Waals surface area contributed by atoms with Crippen molar-refractivity contribution < 1.29 is 13.9 Å². The second-order valence-electron chi connectivity index (χ2n) is 4.79. The highest BCUT2D eigenvalue weighted by Crippen LogP contribution is 2.25. The Bertz CT molecular complexity index is 604. The van der Waals surface area contributed by atoms with E-state index in [-0.39, 0.29) is 12.5 Å². The number of nitrogens with one attached hydrogen (secondary N) is 1. The molecule has 0 aliphatic heterocycles. The number of carbonyl (C=O) groups is 1. The standard InChI is InChI=1S/C16H18N2O3/c1-12(2)14-7-3-4-8-15(14)21-11-16(19)18-17-10-13-6-5-9-20-13/h3-10,12H,11H2,1-2H3,(H,18,19). The second-order valence-corrected chi connectivity index (χ2v) is 4.79. The molecule has 0 spiro atoms. The molecule has 1 amide bonds. The number of furan rings is 1. The molecule has 5 nitrogen and oxygen atoms in total. The van der Waals surface area contributed by atoms with Crippen LogP contribution in [0.5, 0.6) is 5.75 Å². The number of nitrogens with zero attached hydrogens (tertiary/aromatic N) is 1. The summed E-state index contributed by atoms with van der Waals surface area (Å²) in [6.45, 7) is 4.07. The monoisotopic (exact) mass is 286 g/mol. The van der Waals surface area contributed by atoms with E-state index in [1.807, 2.05) is 24.3 Å². The Morgan fingerprint density at radius 2 is 2.14 bits per heavy atom. The average molecular weight is 286 g/mol. The number of hydrogen-bond acceptors (Lipinski definition) is 4. The van der Waals surface area contributed by atoms with Crippen LogP contribution < -0.4 is 10.2 Å². The van der Waals surface area contributed by atoms with Crippen LogP contribution in [0.2, 0.25) is 0 Å². The first-order valence-corrected chi connectivity index (χ1v) is 6.74. The van der Waals surface area contributed by atoms with Gasteiger partial charge in [0.05, 0.1) is 12.5 Å². The number of carbonyl (C=O) groups excluding carboxylic acids is 1. The van der Waals surface area contributed by atoms with Crippen molar-refractivity contribution in [2.45, 2.75) is 19.8 Å². The smallest absolute Gasteiger partial charge is 0.277 e. The van der Waals surface area contributed by atoms with Crippen LogP contribution in [0.15, 0.2) is 52.2 Å². The molecule has 1 aromatic heterocycles. The van der Waals surface area contributed by atoms with E-state index >= 15 is 0 Å². The minimum absolute atomic E-state index is 0.0841. The van der Waals surface area contributed by atoms with Gasteiger partial charge in [0.2, 0.25) is 0 Å². The van der Waals surface area contributed by atoms with Crippen molar-refractivity contribution in [2.24, 2.45) is 5.10 Å². The highest BCUT2D eigenvalue weighted by molar-refractivity contribution is 5.81. The lowest BCUT2D eigenvalue weighted by Crippen LogP contribution is -2.24. The molecule has 0 atom stereocenters. The number of hydrogen-bond donors (Lipinski definition) is 1. The Morgan fingerprint density at radius 1 is 1.33 bits per heavy atom. The Labute approximate surface area is 123 Å². The molecule has 0 unspecified atom stereocenters. The van der Waals surface area contributed by atoms with Gasteiger partial charge in [-0.25, -0.2) is 5.43 Å². The fourth-order valence-corrected chi connectivity index (χ4v) is 1.80. The molecule has 0 saturated heterocycles. The molecule has 0 saturated carbocycles. The molecule has 21 heavy (non-hydrogen) atoms. The lowest BCUT2D eigenvalue weighted by Gasteiger charge is -2.12. The van der Waals surface area contributed by atoms with Gasteiger partial charge in [0, 0.05) is 0 Å². The Kier molecular flexibility index (Phi) is 5.15. The van der Waals surface area contributed by atoms with E-state index in [9.17, 15) is 4.79 Å². The summed E-state index contributed by atoms with van der Waals surface area (Å²) in [7, 11) is 0. The third-order valence-corrected chi connectivity index (χ3v) is 2.82. The molecule has 0 bridgehead atoms. The Balaban J connectivity index is 1.84. The van der Waals surface area contributed by atoms with Crippen LogP contribution in [0, 0.1) is 0 Å². The molecule has 0 aliphatic rings. The van der Waals surface area contributed by atoms with Crippen LogP contribution >= 0.6 is 0 Å². The highest BCUT2D eigenvalue weighted by Gasteiger charge is 2.08. The zero-order valence-corrected chi connectivity index (χ0v) is 12.1. The van der Waals surface area contributed by atoms with Crippen molar-refractivity contribution in [2.75, 3.05) is 6.61 Å². The van der Waals surface area contributed by atoms with E-state index in [4.69, 9.17) is 9.15 Å². The van der Waals surface area contributed by atoms with E-state index in [1.54, 1.807) is 12.1 Å². The SMILES string of the molecule is CC(C)c1ccccc1OCC(=O)NN=Cc1ccco1. The van der Waals surface area contributed by atoms with Gasteiger partial charge in [-0.15, -0.1) is 0 Å². The normalized spacial score (nSPS) is 11.0. The third-order valence-electron chi connectivity index (χ3n) is 2.82. The van der Waals surface area contributed by atoms with Gasteiger partial charge in [-0.1, -0.05) is 32.0 Å². The van der Waals surface area contributed by atoms with Crippen molar-refractivity contribution in [1.82, 2.24) is 5.43 Å². The number of rotatable bonds is 6. The maximum Gasteiger partial charge on any atom is 0.277 e. The average Bonchev–Trinajstić information content (AvgIpc) is 2.98. The Hall–Kier alpha value is -2.56. The molecule has 2 rings (SSSR count). The minimum Gasteiger partial charge on any atom is -0.483 e. The summed E-state index contributed by atoms with van der Waals surface area (Å²) in [6.07, 6.45) is 2.97. The van der Waals surface area contributed by atoms with Gasteiger partial charge in [0.1, 0.15) is 11.5 Å². The molecule has 110 valence electrons. The second kappa shape index (κ2) is 7.28. The summed E-state index contributed by atoms with van der Waals surface area (Å²) in [5.41, 5.74) is 3.46. The topological polar surface area (TPSA) is 63.8 Å². The van der Waals surface area contributed by atoms with Gasteiger partial charge in [0.25, 0.3) is 5.91 Å². The summed E-state index contributed by atoms with van der Waals surface area (Å²) >= 11 is 0. The zero-order chi connectivity index (χ0) is 15.1. The van der Waals surface area contributed by atoms with Crippen LogP contribution in [0.1, 0.15) is 31.1 Å². The molecule has 1 heterocycles. The van der Waals surface area contributed by atoms with Crippen molar-refractivity contribution in [3.63, 3.8) is 0 Å².